The highest BCUT2D eigenvalue weighted by molar-refractivity contribution is 5.85. The Bertz CT molecular complexity index is 340. The second-order valence-corrected chi connectivity index (χ2v) is 5.00. The lowest BCUT2D eigenvalue weighted by Gasteiger charge is -2.33. The summed E-state index contributed by atoms with van der Waals surface area (Å²) in [7, 11) is 0. The molecule has 19 heavy (non-hydrogen) atoms. The van der Waals surface area contributed by atoms with Gasteiger partial charge >= 0.3 is 11.9 Å². The van der Waals surface area contributed by atoms with Crippen LogP contribution in [-0.2, 0) is 14.4 Å². The van der Waals surface area contributed by atoms with E-state index >= 15 is 0 Å². The molecule has 0 spiro atoms. The van der Waals surface area contributed by atoms with Crippen molar-refractivity contribution in [3.8, 4) is 0 Å². The van der Waals surface area contributed by atoms with Gasteiger partial charge in [-0.3, -0.25) is 9.59 Å². The minimum Gasteiger partial charge on any atom is -0.481 e. The van der Waals surface area contributed by atoms with Crippen molar-refractivity contribution in [2.45, 2.75) is 46.6 Å². The van der Waals surface area contributed by atoms with Crippen LogP contribution in [0.5, 0.6) is 0 Å². The van der Waals surface area contributed by atoms with Crippen molar-refractivity contribution in [3.63, 3.8) is 0 Å². The van der Waals surface area contributed by atoms with Crippen LogP contribution in [0, 0.1) is 11.8 Å². The van der Waals surface area contributed by atoms with Crippen LogP contribution in [0.2, 0.25) is 0 Å². The lowest BCUT2D eigenvalue weighted by atomic mass is 9.96. The van der Waals surface area contributed by atoms with Gasteiger partial charge in [0.25, 0.3) is 0 Å². The number of aliphatic carboxylic acids is 2. The van der Waals surface area contributed by atoms with Gasteiger partial charge in [0.2, 0.25) is 5.91 Å². The first-order valence-electron chi connectivity index (χ1n) is 6.47. The van der Waals surface area contributed by atoms with Crippen LogP contribution in [0.4, 0.5) is 0 Å². The van der Waals surface area contributed by atoms with E-state index in [0.717, 1.165) is 0 Å². The van der Waals surface area contributed by atoms with E-state index in [0.29, 0.717) is 6.42 Å². The van der Waals surface area contributed by atoms with Crippen molar-refractivity contribution in [1.29, 1.82) is 0 Å². The van der Waals surface area contributed by atoms with Crippen LogP contribution in [-0.4, -0.2) is 45.5 Å². The average molecular weight is 273 g/mol. The number of carboxylic acids is 2. The molecule has 6 nitrogen and oxygen atoms in total. The summed E-state index contributed by atoms with van der Waals surface area (Å²) in [6.07, 6.45) is 0.352. The van der Waals surface area contributed by atoms with Crippen LogP contribution in [0.3, 0.4) is 0 Å². The Labute approximate surface area is 113 Å². The van der Waals surface area contributed by atoms with Crippen molar-refractivity contribution in [2.75, 3.05) is 6.54 Å². The van der Waals surface area contributed by atoms with Crippen molar-refractivity contribution >= 4 is 17.8 Å². The van der Waals surface area contributed by atoms with Gasteiger partial charge in [-0.25, -0.2) is 4.79 Å². The van der Waals surface area contributed by atoms with Gasteiger partial charge in [0.15, 0.2) is 0 Å². The number of amides is 1. The summed E-state index contributed by atoms with van der Waals surface area (Å²) in [6, 6.07) is -0.973. The quantitative estimate of drug-likeness (QED) is 0.698. The molecule has 2 unspecified atom stereocenters. The molecule has 2 atom stereocenters. The van der Waals surface area contributed by atoms with E-state index in [1.807, 2.05) is 6.92 Å². The molecule has 0 heterocycles. The molecule has 0 aliphatic carbocycles. The maximum atomic E-state index is 12.1. The maximum absolute atomic E-state index is 12.1. The number of carbonyl (C=O) groups is 3. The normalized spacial score (nSPS) is 13.9. The van der Waals surface area contributed by atoms with Crippen molar-refractivity contribution in [2.24, 2.45) is 11.8 Å². The molecular weight excluding hydrogens is 250 g/mol. The first kappa shape index (κ1) is 17.4. The second-order valence-electron chi connectivity index (χ2n) is 5.00. The van der Waals surface area contributed by atoms with E-state index in [-0.39, 0.29) is 30.7 Å². The molecule has 0 aromatic carbocycles. The van der Waals surface area contributed by atoms with Gasteiger partial charge in [0.05, 0.1) is 6.42 Å². The molecule has 0 aliphatic heterocycles. The number of hydrogen-bond acceptors (Lipinski definition) is 3. The van der Waals surface area contributed by atoms with Crippen LogP contribution >= 0.6 is 0 Å². The monoisotopic (exact) mass is 273 g/mol. The summed E-state index contributed by atoms with van der Waals surface area (Å²) < 4.78 is 0. The molecule has 0 rings (SSSR count). The Morgan fingerprint density at radius 2 is 1.63 bits per heavy atom. The summed E-state index contributed by atoms with van der Waals surface area (Å²) in [5.74, 6) is -3.05. The summed E-state index contributed by atoms with van der Waals surface area (Å²) in [5.41, 5.74) is 0. The lowest BCUT2D eigenvalue weighted by molar-refractivity contribution is -0.155. The molecule has 0 bridgehead atoms. The van der Waals surface area contributed by atoms with Crippen LogP contribution in [0.1, 0.15) is 40.5 Å². The number of carboxylic acid groups (broad SMARTS) is 2. The highest BCUT2D eigenvalue weighted by Crippen LogP contribution is 2.18. The molecule has 0 saturated carbocycles. The minimum absolute atomic E-state index is 0.0757. The fourth-order valence-corrected chi connectivity index (χ4v) is 1.84. The molecule has 2 N–H and O–H groups in total. The number of nitrogens with zero attached hydrogens (tertiary/aromatic N) is 1. The van der Waals surface area contributed by atoms with Gasteiger partial charge in [0, 0.05) is 12.5 Å². The van der Waals surface area contributed by atoms with Gasteiger partial charge in [-0.1, -0.05) is 34.1 Å². The lowest BCUT2D eigenvalue weighted by Crippen LogP contribution is -2.50. The average Bonchev–Trinajstić information content (AvgIpc) is 2.31. The fourth-order valence-electron chi connectivity index (χ4n) is 1.84. The molecule has 0 fully saturated rings. The zero-order chi connectivity index (χ0) is 15.2. The molecule has 6 heteroatoms. The van der Waals surface area contributed by atoms with Crippen LogP contribution in [0.15, 0.2) is 0 Å². The first-order valence-corrected chi connectivity index (χ1v) is 6.47. The molecule has 110 valence electrons. The van der Waals surface area contributed by atoms with Gasteiger partial charge in [-0.05, 0) is 5.92 Å². The van der Waals surface area contributed by atoms with Gasteiger partial charge in [-0.15, -0.1) is 0 Å². The predicted octanol–water partition coefficient (Wildman–Crippen LogP) is 1.45. The second kappa shape index (κ2) is 7.76. The van der Waals surface area contributed by atoms with E-state index < -0.39 is 18.0 Å². The Morgan fingerprint density at radius 1 is 1.11 bits per heavy atom. The Hall–Kier alpha value is -1.59. The van der Waals surface area contributed by atoms with E-state index in [9.17, 15) is 19.5 Å². The van der Waals surface area contributed by atoms with Crippen molar-refractivity contribution < 1.29 is 24.6 Å². The van der Waals surface area contributed by atoms with E-state index in [1.165, 1.54) is 4.90 Å². The third-order valence-electron chi connectivity index (χ3n) is 3.12. The Morgan fingerprint density at radius 3 is 1.95 bits per heavy atom. The summed E-state index contributed by atoms with van der Waals surface area (Å²) >= 11 is 0. The van der Waals surface area contributed by atoms with Crippen molar-refractivity contribution in [1.82, 2.24) is 4.90 Å². The zero-order valence-electron chi connectivity index (χ0n) is 11.9. The summed E-state index contributed by atoms with van der Waals surface area (Å²) in [6.45, 7) is 6.86. The molecule has 0 aromatic heterocycles. The van der Waals surface area contributed by atoms with Crippen LogP contribution in [0.25, 0.3) is 0 Å². The topological polar surface area (TPSA) is 94.9 Å². The molecule has 0 radical (unpaired) electrons. The van der Waals surface area contributed by atoms with Gasteiger partial charge < -0.3 is 15.1 Å². The molecule has 0 aromatic rings. The highest BCUT2D eigenvalue weighted by Gasteiger charge is 2.34. The largest absolute Gasteiger partial charge is 0.481 e. The van der Waals surface area contributed by atoms with Gasteiger partial charge in [0.1, 0.15) is 6.04 Å². The van der Waals surface area contributed by atoms with E-state index in [4.69, 9.17) is 5.11 Å². The van der Waals surface area contributed by atoms with E-state index in [1.54, 1.807) is 20.8 Å². The summed E-state index contributed by atoms with van der Waals surface area (Å²) in [5, 5.41) is 18.0. The highest BCUT2D eigenvalue weighted by atomic mass is 16.4. The third kappa shape index (κ3) is 5.28. The van der Waals surface area contributed by atoms with Crippen LogP contribution < -0.4 is 0 Å². The minimum atomic E-state index is -1.09. The number of rotatable bonds is 8. The Kier molecular flexibility index (Phi) is 7.11. The third-order valence-corrected chi connectivity index (χ3v) is 3.12. The molecule has 0 saturated heterocycles. The Balaban J connectivity index is 5.20. The smallest absolute Gasteiger partial charge is 0.326 e. The molecule has 1 amide bonds. The maximum Gasteiger partial charge on any atom is 0.326 e. The van der Waals surface area contributed by atoms with E-state index in [2.05, 4.69) is 0 Å². The standard InChI is InChI=1S/C13H23NO5/c1-5-9(4)11(13(18)19)14(7-6-10(15)16)12(17)8(2)3/h8-9,11H,5-7H2,1-4H3,(H,15,16)(H,18,19). The van der Waals surface area contributed by atoms with Gasteiger partial charge in [-0.2, -0.15) is 0 Å². The van der Waals surface area contributed by atoms with Crippen molar-refractivity contribution in [3.05, 3.63) is 0 Å². The predicted molar refractivity (Wildman–Crippen MR) is 69.7 cm³/mol. The zero-order valence-corrected chi connectivity index (χ0v) is 11.9. The number of carbonyl (C=O) groups excluding carboxylic acids is 1. The summed E-state index contributed by atoms with van der Waals surface area (Å²) in [4.78, 5) is 35.3. The molecular formula is C13H23NO5. The SMILES string of the molecule is CCC(C)C(C(=O)O)N(CCC(=O)O)C(=O)C(C)C. The molecule has 0 aliphatic rings. The fraction of sp³-hybridized carbons (Fsp3) is 0.769. The number of hydrogen-bond donors (Lipinski definition) is 2. The first-order chi connectivity index (χ1) is 8.72.